The first-order valence-corrected chi connectivity index (χ1v) is 7.47. The second kappa shape index (κ2) is 3.98. The zero-order chi connectivity index (χ0) is 13.6. The third-order valence-corrected chi connectivity index (χ3v) is 5.01. The van der Waals surface area contributed by atoms with Crippen molar-refractivity contribution in [3.05, 3.63) is 34.9 Å². The number of benzene rings is 1. The van der Waals surface area contributed by atoms with Gasteiger partial charge < -0.3 is 0 Å². The molecule has 0 unspecified atom stereocenters. The average molecular weight is 281 g/mol. The van der Waals surface area contributed by atoms with Crippen molar-refractivity contribution in [1.29, 1.82) is 10.5 Å². The Balaban J connectivity index is 2.50. The molecule has 1 fully saturated rings. The quantitative estimate of drug-likeness (QED) is 0.828. The molecule has 0 heterocycles. The van der Waals surface area contributed by atoms with Crippen LogP contribution in [0.2, 0.25) is 5.02 Å². The topological polar surface area (TPSA) is 81.7 Å². The molecule has 0 radical (unpaired) electrons. The third-order valence-electron chi connectivity index (χ3n) is 3.19. The molecule has 1 aromatic carbocycles. The van der Waals surface area contributed by atoms with Crippen LogP contribution < -0.4 is 0 Å². The summed E-state index contributed by atoms with van der Waals surface area (Å²) in [6.45, 7) is 0. The van der Waals surface area contributed by atoms with Gasteiger partial charge in [-0.2, -0.15) is 10.5 Å². The number of rotatable bonds is 2. The molecule has 2 rings (SSSR count). The van der Waals surface area contributed by atoms with E-state index in [-0.39, 0.29) is 0 Å². The third kappa shape index (κ3) is 1.77. The molecule has 0 spiro atoms. The summed E-state index contributed by atoms with van der Waals surface area (Å²) in [5, 5.41) is 17.8. The van der Waals surface area contributed by atoms with Gasteiger partial charge in [0.05, 0.1) is 12.1 Å². The molecule has 4 nitrogen and oxygen atoms in total. The molecule has 6 heteroatoms. The molecule has 0 bridgehead atoms. The molecule has 0 saturated heterocycles. The van der Waals surface area contributed by atoms with Crippen LogP contribution in [0.1, 0.15) is 11.5 Å². The van der Waals surface area contributed by atoms with Crippen LogP contribution in [0.15, 0.2) is 24.3 Å². The zero-order valence-electron chi connectivity index (χ0n) is 9.46. The van der Waals surface area contributed by atoms with Crippen molar-refractivity contribution in [3.63, 3.8) is 0 Å². The van der Waals surface area contributed by atoms with E-state index in [1.165, 1.54) is 0 Å². The van der Waals surface area contributed by atoms with Crippen LogP contribution in [-0.2, 0) is 9.84 Å². The van der Waals surface area contributed by atoms with E-state index in [1.807, 2.05) is 12.1 Å². The summed E-state index contributed by atoms with van der Waals surface area (Å²) in [5.41, 5.74) is -0.820. The van der Waals surface area contributed by atoms with Crippen molar-refractivity contribution < 1.29 is 8.42 Å². The Morgan fingerprint density at radius 1 is 1.22 bits per heavy atom. The maximum Gasteiger partial charge on any atom is 0.169 e. The van der Waals surface area contributed by atoms with E-state index in [2.05, 4.69) is 0 Å². The number of nitrogens with zero attached hydrogens (tertiary/aromatic N) is 2. The van der Waals surface area contributed by atoms with E-state index in [1.54, 1.807) is 24.3 Å². The number of hydrogen-bond acceptors (Lipinski definition) is 4. The van der Waals surface area contributed by atoms with Gasteiger partial charge in [-0.1, -0.05) is 23.7 Å². The lowest BCUT2D eigenvalue weighted by Crippen LogP contribution is -2.11. The lowest BCUT2D eigenvalue weighted by molar-refractivity contribution is 0.597. The number of halogens is 1. The normalized spacial score (nSPS) is 24.9. The monoisotopic (exact) mass is 280 g/mol. The van der Waals surface area contributed by atoms with Gasteiger partial charge in [-0.05, 0) is 17.7 Å². The summed E-state index contributed by atoms with van der Waals surface area (Å²) in [6.07, 6.45) is 1.05. The lowest BCUT2D eigenvalue weighted by atomic mass is 10.0. The molecule has 1 aliphatic carbocycles. The van der Waals surface area contributed by atoms with Gasteiger partial charge in [0.15, 0.2) is 15.3 Å². The van der Waals surface area contributed by atoms with E-state index in [9.17, 15) is 8.42 Å². The fourth-order valence-electron chi connectivity index (χ4n) is 2.34. The second-order valence-electron chi connectivity index (χ2n) is 4.37. The Labute approximate surface area is 110 Å². The Morgan fingerprint density at radius 3 is 2.06 bits per heavy atom. The van der Waals surface area contributed by atoms with Crippen LogP contribution in [0.5, 0.6) is 0 Å². The van der Waals surface area contributed by atoms with Crippen LogP contribution >= 0.6 is 11.6 Å². The van der Waals surface area contributed by atoms with Gasteiger partial charge in [0, 0.05) is 17.2 Å². The highest BCUT2D eigenvalue weighted by molar-refractivity contribution is 7.91. The summed E-state index contributed by atoms with van der Waals surface area (Å²) < 4.78 is 23.3. The van der Waals surface area contributed by atoms with E-state index < -0.39 is 26.4 Å². The first kappa shape index (κ1) is 12.9. The first-order chi connectivity index (χ1) is 8.36. The summed E-state index contributed by atoms with van der Waals surface area (Å²) in [6, 6.07) is 10.2. The Bertz CT molecular complexity index is 654. The minimum absolute atomic E-state index is 0.523. The largest absolute Gasteiger partial charge is 0.229 e. The number of sulfone groups is 1. The second-order valence-corrected chi connectivity index (χ2v) is 6.98. The summed E-state index contributed by atoms with van der Waals surface area (Å²) in [4.78, 5) is 0. The maximum atomic E-state index is 11.6. The molecule has 1 saturated carbocycles. The molecule has 0 N–H and O–H groups in total. The molecule has 1 aliphatic rings. The average Bonchev–Trinajstić information content (AvgIpc) is 3.00. The summed E-state index contributed by atoms with van der Waals surface area (Å²) in [7, 11) is -3.45. The molecule has 0 amide bonds. The lowest BCUT2D eigenvalue weighted by Gasteiger charge is -1.99. The molecule has 92 valence electrons. The van der Waals surface area contributed by atoms with Gasteiger partial charge in [-0.3, -0.25) is 0 Å². The summed E-state index contributed by atoms with van der Waals surface area (Å²) in [5.74, 6) is -0.597. The molecule has 18 heavy (non-hydrogen) atoms. The van der Waals surface area contributed by atoms with Gasteiger partial charge in [0.1, 0.15) is 5.25 Å². The van der Waals surface area contributed by atoms with E-state index in [0.29, 0.717) is 10.6 Å². The Hall–Kier alpha value is -1.56. The maximum absolute atomic E-state index is 11.6. The Kier molecular flexibility index (Phi) is 2.85. The van der Waals surface area contributed by atoms with Gasteiger partial charge in [0.25, 0.3) is 0 Å². The van der Waals surface area contributed by atoms with Gasteiger partial charge in [-0.25, -0.2) is 8.42 Å². The van der Waals surface area contributed by atoms with Crippen LogP contribution in [-0.4, -0.2) is 19.9 Å². The van der Waals surface area contributed by atoms with Crippen LogP contribution in [0, 0.1) is 28.1 Å². The molecule has 0 aliphatic heterocycles. The fraction of sp³-hybridized carbons (Fsp3) is 0.333. The van der Waals surface area contributed by atoms with Crippen molar-refractivity contribution in [3.8, 4) is 12.1 Å². The first-order valence-electron chi connectivity index (χ1n) is 5.13. The van der Waals surface area contributed by atoms with E-state index >= 15 is 0 Å². The van der Waals surface area contributed by atoms with Crippen molar-refractivity contribution in [2.24, 2.45) is 5.41 Å². The minimum atomic E-state index is -3.45. The van der Waals surface area contributed by atoms with Crippen molar-refractivity contribution >= 4 is 21.4 Å². The van der Waals surface area contributed by atoms with E-state index in [0.717, 1.165) is 6.26 Å². The molecular formula is C12H9ClN2O2S. The van der Waals surface area contributed by atoms with Gasteiger partial charge >= 0.3 is 0 Å². The van der Waals surface area contributed by atoms with E-state index in [4.69, 9.17) is 22.1 Å². The highest BCUT2D eigenvalue weighted by Gasteiger charge is 2.72. The van der Waals surface area contributed by atoms with Crippen LogP contribution in [0.4, 0.5) is 0 Å². The molecular weight excluding hydrogens is 272 g/mol. The van der Waals surface area contributed by atoms with Crippen molar-refractivity contribution in [2.45, 2.75) is 11.2 Å². The van der Waals surface area contributed by atoms with Crippen LogP contribution in [0.3, 0.4) is 0 Å². The highest BCUT2D eigenvalue weighted by Crippen LogP contribution is 2.62. The van der Waals surface area contributed by atoms with Crippen LogP contribution in [0.25, 0.3) is 0 Å². The smallest absolute Gasteiger partial charge is 0.169 e. The number of nitriles is 2. The van der Waals surface area contributed by atoms with Gasteiger partial charge in [-0.15, -0.1) is 0 Å². The number of hydrogen-bond donors (Lipinski definition) is 0. The SMILES string of the molecule is CS(=O)(=O)[C@@H]1[C@@H](c2ccc(Cl)cc2)C1(C#N)C#N. The Morgan fingerprint density at radius 2 is 1.72 bits per heavy atom. The summed E-state index contributed by atoms with van der Waals surface area (Å²) >= 11 is 5.75. The predicted molar refractivity (Wildman–Crippen MR) is 66.5 cm³/mol. The molecule has 2 atom stereocenters. The van der Waals surface area contributed by atoms with Crippen molar-refractivity contribution in [1.82, 2.24) is 0 Å². The highest BCUT2D eigenvalue weighted by atomic mass is 35.5. The van der Waals surface area contributed by atoms with Gasteiger partial charge in [0.2, 0.25) is 0 Å². The fourth-order valence-corrected chi connectivity index (χ4v) is 4.18. The zero-order valence-corrected chi connectivity index (χ0v) is 11.0. The predicted octanol–water partition coefficient (Wildman–Crippen LogP) is 1.88. The van der Waals surface area contributed by atoms with Crippen molar-refractivity contribution in [2.75, 3.05) is 6.26 Å². The molecule has 1 aromatic rings. The standard InChI is InChI=1S/C12H9ClN2O2S/c1-18(16,17)11-10(12(11,6-14)7-15)8-2-4-9(13)5-3-8/h2-5,10-11H,1H3/t10-,11-/m1/s1. The molecule has 0 aromatic heterocycles. The minimum Gasteiger partial charge on any atom is -0.229 e.